The van der Waals surface area contributed by atoms with Crippen molar-refractivity contribution in [3.63, 3.8) is 0 Å². The highest BCUT2D eigenvalue weighted by Crippen LogP contribution is 2.35. The van der Waals surface area contributed by atoms with Crippen molar-refractivity contribution in [2.45, 2.75) is 31.6 Å². The summed E-state index contributed by atoms with van der Waals surface area (Å²) in [6.07, 6.45) is 4.96. The summed E-state index contributed by atoms with van der Waals surface area (Å²) in [5.74, 6) is -0.341. The first-order valence-electron chi connectivity index (χ1n) is 11.0. The fourth-order valence-corrected chi connectivity index (χ4v) is 5.07. The van der Waals surface area contributed by atoms with Crippen molar-refractivity contribution in [1.29, 1.82) is 0 Å². The van der Waals surface area contributed by atoms with Gasteiger partial charge in [-0.05, 0) is 43.2 Å². The molecule has 2 aromatic rings. The molecule has 1 fully saturated rings. The van der Waals surface area contributed by atoms with E-state index >= 15 is 0 Å². The molecule has 0 aliphatic carbocycles. The number of hydrogen-bond acceptors (Lipinski definition) is 9. The molecule has 3 aliphatic heterocycles. The molecular weight excluding hydrogens is 452 g/mol. The molecule has 5 rings (SSSR count). The van der Waals surface area contributed by atoms with Crippen LogP contribution in [0.25, 0.3) is 0 Å². The van der Waals surface area contributed by atoms with Crippen LogP contribution >= 0.6 is 11.8 Å². The summed E-state index contributed by atoms with van der Waals surface area (Å²) in [7, 11) is 1.33. The highest BCUT2D eigenvalue weighted by Gasteiger charge is 2.44. The van der Waals surface area contributed by atoms with Gasteiger partial charge in [0.2, 0.25) is 5.91 Å². The fraction of sp³-hybridized carbons (Fsp3) is 0.292. The average molecular weight is 479 g/mol. The number of aryl methyl sites for hydroxylation is 1. The molecule has 3 atom stereocenters. The molecular formula is C24H26N6O3S. The zero-order chi connectivity index (χ0) is 23.7. The molecule has 1 amide bonds. The maximum atomic E-state index is 12.5. The van der Waals surface area contributed by atoms with Crippen LogP contribution in [0.1, 0.15) is 33.9 Å². The van der Waals surface area contributed by atoms with Crippen LogP contribution in [0.4, 0.5) is 5.69 Å². The Morgan fingerprint density at radius 2 is 1.91 bits per heavy atom. The Bertz CT molecular complexity index is 1130. The number of esters is 1. The minimum absolute atomic E-state index is 0.00405. The number of benzene rings is 2. The summed E-state index contributed by atoms with van der Waals surface area (Å²) in [4.78, 5) is 26.1. The Hall–Kier alpha value is -3.50. The number of nitrogens with zero attached hydrogens (tertiary/aromatic N) is 3. The van der Waals surface area contributed by atoms with Gasteiger partial charge in [-0.2, -0.15) is 5.10 Å². The van der Waals surface area contributed by atoms with E-state index in [1.807, 2.05) is 12.4 Å². The molecule has 0 aromatic heterocycles. The van der Waals surface area contributed by atoms with Gasteiger partial charge in [0.1, 0.15) is 6.17 Å². The highest BCUT2D eigenvalue weighted by atomic mass is 32.2. The van der Waals surface area contributed by atoms with Crippen molar-refractivity contribution in [2.75, 3.05) is 18.2 Å². The van der Waals surface area contributed by atoms with Gasteiger partial charge in [-0.15, -0.1) is 0 Å². The zero-order valence-electron chi connectivity index (χ0n) is 18.9. The number of carbonyl (C=O) groups is 2. The van der Waals surface area contributed by atoms with Crippen LogP contribution in [0.5, 0.6) is 0 Å². The molecule has 2 aromatic carbocycles. The molecule has 34 heavy (non-hydrogen) atoms. The first-order chi connectivity index (χ1) is 16.5. The van der Waals surface area contributed by atoms with Gasteiger partial charge in [0.15, 0.2) is 5.17 Å². The number of hydrazone groups is 1. The third kappa shape index (κ3) is 4.46. The zero-order valence-corrected chi connectivity index (χ0v) is 19.7. The predicted octanol–water partition coefficient (Wildman–Crippen LogP) is 2.76. The molecule has 0 radical (unpaired) electrons. The minimum atomic E-state index is -0.412. The second-order valence-electron chi connectivity index (χ2n) is 8.38. The van der Waals surface area contributed by atoms with Gasteiger partial charge in [-0.25, -0.2) is 10.2 Å². The Morgan fingerprint density at radius 3 is 2.65 bits per heavy atom. The summed E-state index contributed by atoms with van der Waals surface area (Å²) in [5.41, 5.74) is 10.4. The van der Waals surface area contributed by atoms with Gasteiger partial charge in [0.05, 0.1) is 30.5 Å². The van der Waals surface area contributed by atoms with Crippen molar-refractivity contribution in [3.05, 3.63) is 77.6 Å². The van der Waals surface area contributed by atoms with E-state index in [1.165, 1.54) is 30.0 Å². The first kappa shape index (κ1) is 22.3. The van der Waals surface area contributed by atoms with E-state index in [2.05, 4.69) is 67.1 Å². The largest absolute Gasteiger partial charge is 0.465 e. The molecule has 0 spiro atoms. The van der Waals surface area contributed by atoms with Gasteiger partial charge in [-0.3, -0.25) is 10.2 Å². The Balaban J connectivity index is 1.15. The monoisotopic (exact) mass is 478 g/mol. The normalized spacial score (nSPS) is 22.5. The van der Waals surface area contributed by atoms with Crippen LogP contribution in [-0.2, 0) is 9.53 Å². The number of rotatable bonds is 5. The Morgan fingerprint density at radius 1 is 1.15 bits per heavy atom. The number of hydrogen-bond donors (Lipinski definition) is 3. The third-order valence-corrected chi connectivity index (χ3v) is 7.07. The topological polar surface area (TPSA) is 98.3 Å². The molecule has 0 bridgehead atoms. The summed E-state index contributed by atoms with van der Waals surface area (Å²) in [6, 6.07) is 15.7. The van der Waals surface area contributed by atoms with E-state index in [0.29, 0.717) is 11.3 Å². The number of nitrogens with one attached hydrogen (secondary N) is 3. The van der Waals surface area contributed by atoms with Crippen LogP contribution in [-0.4, -0.2) is 52.0 Å². The third-order valence-electron chi connectivity index (χ3n) is 6.11. The van der Waals surface area contributed by atoms with E-state index in [-0.39, 0.29) is 29.9 Å². The van der Waals surface area contributed by atoms with Gasteiger partial charge in [-0.1, -0.05) is 41.6 Å². The highest BCUT2D eigenvalue weighted by molar-refractivity contribution is 8.14. The van der Waals surface area contributed by atoms with Crippen molar-refractivity contribution in [2.24, 2.45) is 5.10 Å². The molecule has 3 N–H and O–H groups in total. The van der Waals surface area contributed by atoms with Crippen LogP contribution in [0.15, 0.2) is 66.0 Å². The quantitative estimate of drug-likeness (QED) is 0.565. The van der Waals surface area contributed by atoms with E-state index in [4.69, 9.17) is 0 Å². The van der Waals surface area contributed by atoms with Crippen LogP contribution in [0, 0.1) is 6.92 Å². The standard InChI is InChI=1S/C24H26N6O3S/c1-15-3-5-16(6-4-15)19-13-20-22-26-27-24(29(22)11-12-30(20)28-19)34-14-21(31)25-18-9-7-17(8-10-18)23(32)33-2/h3-12,19-20,22,26,28H,13-14H2,1-2H3,(H,25,31). The summed E-state index contributed by atoms with van der Waals surface area (Å²) >= 11 is 1.38. The van der Waals surface area contributed by atoms with Gasteiger partial charge in [0, 0.05) is 18.1 Å². The molecule has 3 heterocycles. The molecule has 176 valence electrons. The first-order valence-corrected chi connectivity index (χ1v) is 12.0. The molecule has 10 heteroatoms. The number of hydrazine groups is 1. The number of methoxy groups -OCH3 is 1. The van der Waals surface area contributed by atoms with Gasteiger partial charge < -0.3 is 20.0 Å². The minimum Gasteiger partial charge on any atom is -0.465 e. The SMILES string of the molecule is COC(=O)c1ccc(NC(=O)CSC2=NNC3C4CC(c5ccc(C)cc5)NN4C=CN23)cc1. The van der Waals surface area contributed by atoms with Crippen molar-refractivity contribution < 1.29 is 14.3 Å². The lowest BCUT2D eigenvalue weighted by atomic mass is 9.99. The number of amidine groups is 1. The van der Waals surface area contributed by atoms with Crippen LogP contribution < -0.4 is 16.2 Å². The van der Waals surface area contributed by atoms with E-state index in [9.17, 15) is 9.59 Å². The summed E-state index contributed by atoms with van der Waals surface area (Å²) < 4.78 is 4.69. The molecule has 3 aliphatic rings. The van der Waals surface area contributed by atoms with Gasteiger partial charge >= 0.3 is 5.97 Å². The summed E-state index contributed by atoms with van der Waals surface area (Å²) in [6.45, 7) is 2.09. The van der Waals surface area contributed by atoms with E-state index < -0.39 is 5.97 Å². The predicted molar refractivity (Wildman–Crippen MR) is 132 cm³/mol. The van der Waals surface area contributed by atoms with Crippen molar-refractivity contribution >= 4 is 34.5 Å². The number of ether oxygens (including phenoxy) is 1. The maximum absolute atomic E-state index is 12.5. The lowest BCUT2D eigenvalue weighted by molar-refractivity contribution is -0.113. The van der Waals surface area contributed by atoms with Crippen LogP contribution in [0.3, 0.4) is 0 Å². The second-order valence-corrected chi connectivity index (χ2v) is 9.32. The fourth-order valence-electron chi connectivity index (χ4n) is 4.30. The molecule has 3 unspecified atom stereocenters. The van der Waals surface area contributed by atoms with Crippen molar-refractivity contribution in [3.8, 4) is 0 Å². The number of thioether (sulfide) groups is 1. The molecule has 9 nitrogen and oxygen atoms in total. The number of amides is 1. The smallest absolute Gasteiger partial charge is 0.337 e. The van der Waals surface area contributed by atoms with E-state index in [0.717, 1.165) is 11.6 Å². The second kappa shape index (κ2) is 9.40. The Kier molecular flexibility index (Phi) is 6.16. The lowest BCUT2D eigenvalue weighted by Crippen LogP contribution is -2.54. The van der Waals surface area contributed by atoms with E-state index in [1.54, 1.807) is 24.3 Å². The van der Waals surface area contributed by atoms with Gasteiger partial charge in [0.25, 0.3) is 0 Å². The number of anilines is 1. The van der Waals surface area contributed by atoms with Crippen molar-refractivity contribution in [1.82, 2.24) is 20.8 Å². The lowest BCUT2D eigenvalue weighted by Gasteiger charge is -2.36. The molecule has 0 saturated carbocycles. The summed E-state index contributed by atoms with van der Waals surface area (Å²) in [5, 5.41) is 10.2. The molecule has 1 saturated heterocycles. The maximum Gasteiger partial charge on any atom is 0.337 e. The Labute approximate surface area is 202 Å². The average Bonchev–Trinajstić information content (AvgIpc) is 3.47. The number of carbonyl (C=O) groups excluding carboxylic acids is 2. The number of fused-ring (bicyclic) bond motifs is 3. The van der Waals surface area contributed by atoms with Crippen LogP contribution in [0.2, 0.25) is 0 Å².